The Morgan fingerprint density at radius 2 is 2.05 bits per heavy atom. The summed E-state index contributed by atoms with van der Waals surface area (Å²) in [5, 5.41) is 9.58. The molecule has 1 aromatic carbocycles. The third kappa shape index (κ3) is 4.24. The topological polar surface area (TPSA) is 89.6 Å². The number of rotatable bonds is 6. The summed E-state index contributed by atoms with van der Waals surface area (Å²) in [6, 6.07) is 1.86. The molecular weight excluding hydrogens is 253 g/mol. The van der Waals surface area contributed by atoms with Crippen LogP contribution in [0.15, 0.2) is 12.1 Å². The van der Waals surface area contributed by atoms with E-state index in [4.69, 9.17) is 10.5 Å². The Morgan fingerprint density at radius 3 is 2.68 bits per heavy atom. The molecule has 0 aromatic heterocycles. The van der Waals surface area contributed by atoms with E-state index in [1.165, 1.54) is 0 Å². The first-order valence-corrected chi connectivity index (χ1v) is 5.92. The van der Waals surface area contributed by atoms with Crippen LogP contribution in [0.3, 0.4) is 0 Å². The van der Waals surface area contributed by atoms with Gasteiger partial charge in [0.05, 0.1) is 17.9 Å². The number of nitrogens with two attached hydrogens (primary N) is 1. The highest BCUT2D eigenvalue weighted by atomic mass is 19.1. The molecule has 0 bridgehead atoms. The Hall–Kier alpha value is -2.11. The number of Topliss-reactive ketones (excluding diaryl/α,β-unsaturated/α-hetero) is 1. The van der Waals surface area contributed by atoms with Crippen molar-refractivity contribution in [2.45, 2.75) is 26.2 Å². The van der Waals surface area contributed by atoms with Crippen molar-refractivity contribution in [2.24, 2.45) is 0 Å². The van der Waals surface area contributed by atoms with Gasteiger partial charge in [-0.1, -0.05) is 0 Å². The summed E-state index contributed by atoms with van der Waals surface area (Å²) < 4.78 is 17.8. The highest BCUT2D eigenvalue weighted by molar-refractivity contribution is 6.00. The van der Waals surface area contributed by atoms with Gasteiger partial charge in [-0.15, -0.1) is 0 Å². The lowest BCUT2D eigenvalue weighted by atomic mass is 10.0. The van der Waals surface area contributed by atoms with Crippen molar-refractivity contribution in [3.05, 3.63) is 23.5 Å². The maximum atomic E-state index is 13.1. The largest absolute Gasteiger partial charge is 0.505 e. The molecule has 6 heteroatoms. The van der Waals surface area contributed by atoms with E-state index in [2.05, 4.69) is 0 Å². The summed E-state index contributed by atoms with van der Waals surface area (Å²) in [4.78, 5) is 22.8. The van der Waals surface area contributed by atoms with Crippen LogP contribution in [0.1, 0.15) is 36.5 Å². The van der Waals surface area contributed by atoms with Gasteiger partial charge in [0.25, 0.3) is 0 Å². The zero-order valence-corrected chi connectivity index (χ0v) is 10.6. The van der Waals surface area contributed by atoms with E-state index in [1.54, 1.807) is 6.92 Å². The fourth-order valence-corrected chi connectivity index (χ4v) is 1.59. The van der Waals surface area contributed by atoms with Gasteiger partial charge in [0, 0.05) is 18.9 Å². The van der Waals surface area contributed by atoms with Gasteiger partial charge < -0.3 is 15.6 Å². The molecule has 0 saturated heterocycles. The van der Waals surface area contributed by atoms with Crippen LogP contribution in [0.25, 0.3) is 0 Å². The predicted octanol–water partition coefficient (Wildman–Crippen LogP) is 2.03. The van der Waals surface area contributed by atoms with Crippen molar-refractivity contribution in [2.75, 3.05) is 12.3 Å². The summed E-state index contributed by atoms with van der Waals surface area (Å²) in [5.41, 5.74) is 5.01. The van der Waals surface area contributed by atoms with Gasteiger partial charge in [0.2, 0.25) is 0 Å². The fourth-order valence-electron chi connectivity index (χ4n) is 1.59. The number of esters is 1. The summed E-state index contributed by atoms with van der Waals surface area (Å²) in [7, 11) is 0. The quantitative estimate of drug-likeness (QED) is 0.357. The molecule has 0 spiro atoms. The molecule has 0 fully saturated rings. The van der Waals surface area contributed by atoms with Crippen LogP contribution in [-0.2, 0) is 9.53 Å². The molecule has 3 N–H and O–H groups in total. The molecular formula is C13H16FNO4. The number of hydrogen-bond acceptors (Lipinski definition) is 5. The number of anilines is 1. The first kappa shape index (κ1) is 14.9. The van der Waals surface area contributed by atoms with Crippen molar-refractivity contribution in [1.82, 2.24) is 0 Å². The number of phenols is 1. The van der Waals surface area contributed by atoms with Gasteiger partial charge in [-0.2, -0.15) is 0 Å². The maximum Gasteiger partial charge on any atom is 0.305 e. The van der Waals surface area contributed by atoms with Crippen LogP contribution < -0.4 is 5.73 Å². The Kier molecular flexibility index (Phi) is 5.29. The molecule has 0 atom stereocenters. The molecule has 0 saturated carbocycles. The minimum atomic E-state index is -0.691. The minimum Gasteiger partial charge on any atom is -0.505 e. The van der Waals surface area contributed by atoms with Crippen LogP contribution >= 0.6 is 0 Å². The molecule has 1 aromatic rings. The lowest BCUT2D eigenvalue weighted by Crippen LogP contribution is -2.06. The molecule has 19 heavy (non-hydrogen) atoms. The summed E-state index contributed by atoms with van der Waals surface area (Å²) in [5.74, 6) is -1.97. The van der Waals surface area contributed by atoms with E-state index in [-0.39, 0.29) is 37.1 Å². The zero-order chi connectivity index (χ0) is 14.4. The van der Waals surface area contributed by atoms with Gasteiger partial charge in [-0.25, -0.2) is 4.39 Å². The maximum absolute atomic E-state index is 13.1. The smallest absolute Gasteiger partial charge is 0.305 e. The molecule has 1 rings (SSSR count). The lowest BCUT2D eigenvalue weighted by molar-refractivity contribution is -0.143. The van der Waals surface area contributed by atoms with Gasteiger partial charge in [0.1, 0.15) is 11.6 Å². The molecule has 0 aliphatic carbocycles. The zero-order valence-electron chi connectivity index (χ0n) is 10.6. The second-order valence-corrected chi connectivity index (χ2v) is 3.97. The fraction of sp³-hybridized carbons (Fsp3) is 0.385. The SMILES string of the molecule is CCOC(=O)CCCC(=O)c1cc(F)cc(N)c1O. The third-order valence-corrected chi connectivity index (χ3v) is 2.49. The van der Waals surface area contributed by atoms with Crippen LogP contribution in [0.5, 0.6) is 5.75 Å². The normalized spacial score (nSPS) is 10.2. The Morgan fingerprint density at radius 1 is 1.37 bits per heavy atom. The van der Waals surface area contributed by atoms with Crippen LogP contribution in [-0.4, -0.2) is 23.5 Å². The Labute approximate surface area is 110 Å². The van der Waals surface area contributed by atoms with Crippen molar-refractivity contribution in [3.63, 3.8) is 0 Å². The van der Waals surface area contributed by atoms with E-state index >= 15 is 0 Å². The molecule has 0 amide bonds. The molecule has 0 radical (unpaired) electrons. The molecule has 104 valence electrons. The number of phenolic OH excluding ortho intramolecular Hbond substituents is 1. The minimum absolute atomic E-state index is 0.00919. The summed E-state index contributed by atoms with van der Waals surface area (Å²) in [6.07, 6.45) is 0.383. The Balaban J connectivity index is 2.62. The highest BCUT2D eigenvalue weighted by Crippen LogP contribution is 2.27. The standard InChI is InChI=1S/C13H16FNO4/c1-2-19-12(17)5-3-4-11(16)9-6-8(14)7-10(15)13(9)18/h6-7,18H,2-5,15H2,1H3. The van der Waals surface area contributed by atoms with E-state index < -0.39 is 23.3 Å². The third-order valence-electron chi connectivity index (χ3n) is 2.49. The molecule has 0 aliphatic heterocycles. The van der Waals surface area contributed by atoms with Crippen LogP contribution in [0.4, 0.5) is 10.1 Å². The lowest BCUT2D eigenvalue weighted by Gasteiger charge is -2.06. The molecule has 0 heterocycles. The van der Waals surface area contributed by atoms with E-state index in [0.29, 0.717) is 0 Å². The number of nitrogen functional groups attached to an aromatic ring is 1. The second kappa shape index (κ2) is 6.72. The average Bonchev–Trinajstić information content (AvgIpc) is 2.33. The van der Waals surface area contributed by atoms with Crippen molar-refractivity contribution >= 4 is 17.4 Å². The van der Waals surface area contributed by atoms with E-state index in [0.717, 1.165) is 12.1 Å². The monoisotopic (exact) mass is 269 g/mol. The first-order valence-electron chi connectivity index (χ1n) is 5.92. The highest BCUT2D eigenvalue weighted by Gasteiger charge is 2.15. The summed E-state index contributed by atoms with van der Waals surface area (Å²) >= 11 is 0. The molecule has 0 unspecified atom stereocenters. The van der Waals surface area contributed by atoms with Crippen molar-refractivity contribution < 1.29 is 23.8 Å². The van der Waals surface area contributed by atoms with E-state index in [1.807, 2.05) is 0 Å². The van der Waals surface area contributed by atoms with E-state index in [9.17, 15) is 19.1 Å². The number of halogens is 1. The number of benzene rings is 1. The van der Waals surface area contributed by atoms with Gasteiger partial charge in [-0.05, 0) is 19.4 Å². The Bertz CT molecular complexity index is 488. The molecule has 0 aliphatic rings. The number of carbonyl (C=O) groups excluding carboxylic acids is 2. The molecule has 5 nitrogen and oxygen atoms in total. The van der Waals surface area contributed by atoms with Crippen LogP contribution in [0.2, 0.25) is 0 Å². The number of ketones is 1. The van der Waals surface area contributed by atoms with Crippen LogP contribution in [0, 0.1) is 5.82 Å². The number of hydrogen-bond donors (Lipinski definition) is 2. The second-order valence-electron chi connectivity index (χ2n) is 3.97. The summed E-state index contributed by atoms with van der Waals surface area (Å²) in [6.45, 7) is 1.98. The van der Waals surface area contributed by atoms with Crippen molar-refractivity contribution in [1.29, 1.82) is 0 Å². The number of ether oxygens (including phenoxy) is 1. The first-order chi connectivity index (χ1) is 8.95. The van der Waals surface area contributed by atoms with Crippen molar-refractivity contribution in [3.8, 4) is 5.75 Å². The van der Waals surface area contributed by atoms with Gasteiger partial charge >= 0.3 is 5.97 Å². The predicted molar refractivity (Wildman–Crippen MR) is 67.3 cm³/mol. The van der Waals surface area contributed by atoms with Gasteiger partial charge in [-0.3, -0.25) is 9.59 Å². The number of carbonyl (C=O) groups is 2. The number of aromatic hydroxyl groups is 1. The van der Waals surface area contributed by atoms with Gasteiger partial charge in [0.15, 0.2) is 5.78 Å². The average molecular weight is 269 g/mol.